The SMILES string of the molecule is Cl.O/N=C\c1ccc(CCCCNc2ccnc3ccccc23)o1. The molecule has 1 aromatic carbocycles. The second-order valence-electron chi connectivity index (χ2n) is 5.31. The predicted molar refractivity (Wildman–Crippen MR) is 98.5 cm³/mol. The zero-order valence-electron chi connectivity index (χ0n) is 13.2. The molecule has 3 rings (SSSR count). The summed E-state index contributed by atoms with van der Waals surface area (Å²) in [6.07, 6.45) is 6.06. The van der Waals surface area contributed by atoms with Crippen LogP contribution in [0, 0.1) is 0 Å². The van der Waals surface area contributed by atoms with Gasteiger partial charge in [-0.25, -0.2) is 0 Å². The van der Waals surface area contributed by atoms with Crippen LogP contribution >= 0.6 is 12.4 Å². The molecular weight excluding hydrogens is 326 g/mol. The molecule has 6 heteroatoms. The molecule has 24 heavy (non-hydrogen) atoms. The molecule has 0 atom stereocenters. The smallest absolute Gasteiger partial charge is 0.148 e. The summed E-state index contributed by atoms with van der Waals surface area (Å²) in [6, 6.07) is 13.9. The van der Waals surface area contributed by atoms with E-state index in [0.29, 0.717) is 5.76 Å². The number of nitrogens with one attached hydrogen (secondary N) is 1. The minimum absolute atomic E-state index is 0. The molecule has 126 valence electrons. The molecule has 5 nitrogen and oxygen atoms in total. The second kappa shape index (κ2) is 8.93. The Bertz CT molecular complexity index is 796. The van der Waals surface area contributed by atoms with Gasteiger partial charge >= 0.3 is 0 Å². The number of fused-ring (bicyclic) bond motifs is 1. The Morgan fingerprint density at radius 1 is 1.12 bits per heavy atom. The fourth-order valence-electron chi connectivity index (χ4n) is 2.55. The Labute approximate surface area is 146 Å². The molecule has 2 aromatic heterocycles. The summed E-state index contributed by atoms with van der Waals surface area (Å²) < 4.78 is 5.51. The van der Waals surface area contributed by atoms with Crippen molar-refractivity contribution in [3.8, 4) is 0 Å². The molecule has 0 radical (unpaired) electrons. The third kappa shape index (κ3) is 4.49. The van der Waals surface area contributed by atoms with Gasteiger partial charge in [-0.1, -0.05) is 23.4 Å². The van der Waals surface area contributed by atoms with Gasteiger partial charge in [-0.3, -0.25) is 4.98 Å². The normalized spacial score (nSPS) is 10.8. The maximum atomic E-state index is 8.46. The molecule has 0 spiro atoms. The number of pyridine rings is 1. The van der Waals surface area contributed by atoms with Crippen LogP contribution in [0.5, 0.6) is 0 Å². The van der Waals surface area contributed by atoms with Gasteiger partial charge in [-0.05, 0) is 37.1 Å². The van der Waals surface area contributed by atoms with Gasteiger partial charge < -0.3 is 14.9 Å². The summed E-state index contributed by atoms with van der Waals surface area (Å²) in [5, 5.41) is 16.0. The molecule has 0 aliphatic rings. The topological polar surface area (TPSA) is 70.7 Å². The summed E-state index contributed by atoms with van der Waals surface area (Å²) in [6.45, 7) is 0.902. The summed E-state index contributed by atoms with van der Waals surface area (Å²) in [7, 11) is 0. The Kier molecular flexibility index (Phi) is 6.63. The molecule has 3 aromatic rings. The fraction of sp³-hybridized carbons (Fsp3) is 0.222. The van der Waals surface area contributed by atoms with Crippen LogP contribution in [-0.2, 0) is 6.42 Å². The van der Waals surface area contributed by atoms with Gasteiger partial charge in [0.25, 0.3) is 0 Å². The highest BCUT2D eigenvalue weighted by molar-refractivity contribution is 5.90. The van der Waals surface area contributed by atoms with E-state index in [2.05, 4.69) is 21.5 Å². The Morgan fingerprint density at radius 2 is 2.00 bits per heavy atom. The summed E-state index contributed by atoms with van der Waals surface area (Å²) in [4.78, 5) is 4.36. The van der Waals surface area contributed by atoms with Gasteiger partial charge in [-0.2, -0.15) is 0 Å². The lowest BCUT2D eigenvalue weighted by Gasteiger charge is -2.08. The van der Waals surface area contributed by atoms with Gasteiger partial charge in [0.1, 0.15) is 17.7 Å². The van der Waals surface area contributed by atoms with E-state index in [1.165, 1.54) is 6.21 Å². The standard InChI is InChI=1S/C18H19N3O2.ClH/c22-21-13-15-9-8-14(23-15)5-3-4-11-19-18-10-12-20-17-7-2-1-6-16(17)18;/h1-2,6-10,12-13,22H,3-5,11H2,(H,19,20);1H/b21-13-;. The lowest BCUT2D eigenvalue weighted by molar-refractivity contribution is 0.320. The third-order valence-corrected chi connectivity index (χ3v) is 3.68. The molecule has 0 unspecified atom stereocenters. The summed E-state index contributed by atoms with van der Waals surface area (Å²) in [5.74, 6) is 1.48. The monoisotopic (exact) mass is 345 g/mol. The van der Waals surface area contributed by atoms with E-state index < -0.39 is 0 Å². The Hall–Kier alpha value is -2.53. The van der Waals surface area contributed by atoms with Gasteiger partial charge in [0.05, 0.1) is 5.52 Å². The zero-order chi connectivity index (χ0) is 15.9. The highest BCUT2D eigenvalue weighted by Crippen LogP contribution is 2.21. The van der Waals surface area contributed by atoms with E-state index in [1.807, 2.05) is 36.5 Å². The van der Waals surface area contributed by atoms with Crippen LogP contribution < -0.4 is 5.32 Å². The van der Waals surface area contributed by atoms with Crippen LogP contribution in [0.25, 0.3) is 10.9 Å². The van der Waals surface area contributed by atoms with E-state index in [0.717, 1.165) is 48.2 Å². The van der Waals surface area contributed by atoms with E-state index in [-0.39, 0.29) is 12.4 Å². The Morgan fingerprint density at radius 3 is 2.88 bits per heavy atom. The maximum absolute atomic E-state index is 8.46. The van der Waals surface area contributed by atoms with Gasteiger partial charge in [-0.15, -0.1) is 12.4 Å². The number of furan rings is 1. The fourth-order valence-corrected chi connectivity index (χ4v) is 2.55. The molecule has 0 bridgehead atoms. The molecular formula is C18H20ClN3O2. The van der Waals surface area contributed by atoms with Crippen molar-refractivity contribution in [2.24, 2.45) is 5.16 Å². The summed E-state index contributed by atoms with van der Waals surface area (Å²) in [5.41, 5.74) is 2.13. The lowest BCUT2D eigenvalue weighted by Crippen LogP contribution is -2.02. The number of unbranched alkanes of at least 4 members (excludes halogenated alkanes) is 1. The number of hydrogen-bond acceptors (Lipinski definition) is 5. The van der Waals surface area contributed by atoms with Gasteiger partial charge in [0.2, 0.25) is 0 Å². The number of anilines is 1. The van der Waals surface area contributed by atoms with E-state index >= 15 is 0 Å². The first-order valence-corrected chi connectivity index (χ1v) is 7.70. The number of oxime groups is 1. The second-order valence-corrected chi connectivity index (χ2v) is 5.31. The number of halogens is 1. The van der Waals surface area contributed by atoms with E-state index in [9.17, 15) is 0 Å². The number of para-hydroxylation sites is 1. The predicted octanol–water partition coefficient (Wildman–Crippen LogP) is 4.49. The molecule has 2 N–H and O–H groups in total. The molecule has 0 amide bonds. The van der Waals surface area contributed by atoms with Crippen molar-refractivity contribution in [1.82, 2.24) is 4.98 Å². The minimum Gasteiger partial charge on any atom is -0.460 e. The highest BCUT2D eigenvalue weighted by Gasteiger charge is 2.02. The number of hydrogen-bond donors (Lipinski definition) is 2. The largest absolute Gasteiger partial charge is 0.460 e. The van der Waals surface area contributed by atoms with Crippen molar-refractivity contribution in [1.29, 1.82) is 0 Å². The first kappa shape index (κ1) is 17.8. The van der Waals surface area contributed by atoms with Gasteiger partial charge in [0, 0.05) is 30.2 Å². The van der Waals surface area contributed by atoms with Crippen molar-refractivity contribution < 1.29 is 9.62 Å². The number of nitrogens with zero attached hydrogens (tertiary/aromatic N) is 2. The summed E-state index contributed by atoms with van der Waals surface area (Å²) >= 11 is 0. The quantitative estimate of drug-likeness (QED) is 0.286. The molecule has 0 saturated heterocycles. The molecule has 0 fully saturated rings. The van der Waals surface area contributed by atoms with Crippen molar-refractivity contribution in [3.05, 3.63) is 60.2 Å². The van der Waals surface area contributed by atoms with E-state index in [1.54, 1.807) is 6.07 Å². The average Bonchev–Trinajstić information content (AvgIpc) is 3.02. The lowest BCUT2D eigenvalue weighted by atomic mass is 10.1. The molecule has 0 aliphatic heterocycles. The van der Waals surface area contributed by atoms with Crippen molar-refractivity contribution >= 4 is 35.2 Å². The first-order valence-electron chi connectivity index (χ1n) is 7.70. The van der Waals surface area contributed by atoms with Crippen molar-refractivity contribution in [2.75, 3.05) is 11.9 Å². The number of rotatable bonds is 7. The van der Waals surface area contributed by atoms with Crippen LogP contribution in [0.1, 0.15) is 24.4 Å². The molecule has 0 aliphatic carbocycles. The maximum Gasteiger partial charge on any atom is 0.148 e. The molecule has 0 saturated carbocycles. The average molecular weight is 346 g/mol. The van der Waals surface area contributed by atoms with E-state index in [4.69, 9.17) is 9.62 Å². The zero-order valence-corrected chi connectivity index (χ0v) is 14.0. The number of aromatic nitrogens is 1. The van der Waals surface area contributed by atoms with Crippen molar-refractivity contribution in [3.63, 3.8) is 0 Å². The number of aryl methyl sites for hydroxylation is 1. The molecule has 2 heterocycles. The van der Waals surface area contributed by atoms with Crippen LogP contribution in [0.2, 0.25) is 0 Å². The van der Waals surface area contributed by atoms with Crippen LogP contribution in [-0.4, -0.2) is 23.0 Å². The Balaban J connectivity index is 0.00000208. The van der Waals surface area contributed by atoms with Crippen LogP contribution in [0.4, 0.5) is 5.69 Å². The third-order valence-electron chi connectivity index (χ3n) is 3.68. The van der Waals surface area contributed by atoms with Crippen LogP contribution in [0.15, 0.2) is 58.2 Å². The van der Waals surface area contributed by atoms with Crippen LogP contribution in [0.3, 0.4) is 0 Å². The van der Waals surface area contributed by atoms with Crippen molar-refractivity contribution in [2.45, 2.75) is 19.3 Å². The van der Waals surface area contributed by atoms with Gasteiger partial charge in [0.15, 0.2) is 0 Å². The number of benzene rings is 1. The highest BCUT2D eigenvalue weighted by atomic mass is 35.5. The minimum atomic E-state index is 0. The first-order chi connectivity index (χ1) is 11.4.